The summed E-state index contributed by atoms with van der Waals surface area (Å²) in [4.78, 5) is 0. The van der Waals surface area contributed by atoms with Crippen LogP contribution in [0.5, 0.6) is 5.75 Å². The first-order valence-corrected chi connectivity index (χ1v) is 8.39. The molecule has 0 aliphatic heterocycles. The van der Waals surface area contributed by atoms with Crippen LogP contribution in [0.2, 0.25) is 5.02 Å². The van der Waals surface area contributed by atoms with Crippen molar-refractivity contribution < 1.29 is 4.74 Å². The summed E-state index contributed by atoms with van der Waals surface area (Å²) >= 11 is 5.93. The van der Waals surface area contributed by atoms with Gasteiger partial charge in [0.2, 0.25) is 0 Å². The van der Waals surface area contributed by atoms with Gasteiger partial charge in [-0.2, -0.15) is 0 Å². The number of hydrogen-bond donors (Lipinski definition) is 0. The highest BCUT2D eigenvalue weighted by Crippen LogP contribution is 2.21. The highest BCUT2D eigenvalue weighted by atomic mass is 35.5. The Morgan fingerprint density at radius 1 is 0.920 bits per heavy atom. The lowest BCUT2D eigenvalue weighted by Gasteiger charge is -2.09. The minimum atomic E-state index is 0.416. The van der Waals surface area contributed by atoms with Crippen molar-refractivity contribution in [2.75, 3.05) is 0 Å². The van der Waals surface area contributed by atoms with Gasteiger partial charge < -0.3 is 4.74 Å². The van der Waals surface area contributed by atoms with Gasteiger partial charge in [0.05, 0.1) is 18.4 Å². The van der Waals surface area contributed by atoms with Gasteiger partial charge in [-0.05, 0) is 40.6 Å². The van der Waals surface area contributed by atoms with Crippen LogP contribution < -0.4 is 4.74 Å². The molecule has 4 nitrogen and oxygen atoms in total. The fourth-order valence-electron chi connectivity index (χ4n) is 2.70. The van der Waals surface area contributed by atoms with Crippen LogP contribution in [0, 0.1) is 0 Å². The van der Waals surface area contributed by atoms with E-state index in [-0.39, 0.29) is 0 Å². The molecule has 0 amide bonds. The van der Waals surface area contributed by atoms with Crippen LogP contribution in [-0.2, 0) is 13.2 Å². The maximum absolute atomic E-state index is 5.93. The van der Waals surface area contributed by atoms with Crippen molar-refractivity contribution in [3.8, 4) is 5.75 Å². The molecule has 0 atom stereocenters. The van der Waals surface area contributed by atoms with E-state index in [0.717, 1.165) is 27.4 Å². The lowest BCUT2D eigenvalue weighted by Crippen LogP contribution is -2.09. The topological polar surface area (TPSA) is 39.9 Å². The van der Waals surface area contributed by atoms with E-state index in [2.05, 4.69) is 28.5 Å². The van der Waals surface area contributed by atoms with E-state index in [9.17, 15) is 0 Å². The summed E-state index contributed by atoms with van der Waals surface area (Å²) in [6.45, 7) is 1.05. The number of halogens is 1. The summed E-state index contributed by atoms with van der Waals surface area (Å²) in [5, 5.41) is 11.2. The van der Waals surface area contributed by atoms with E-state index in [1.54, 1.807) is 6.20 Å². The Morgan fingerprint density at radius 2 is 1.72 bits per heavy atom. The second-order valence-corrected chi connectivity index (χ2v) is 6.24. The Balaban J connectivity index is 1.47. The molecule has 0 unspecified atom stereocenters. The summed E-state index contributed by atoms with van der Waals surface area (Å²) in [7, 11) is 0. The molecule has 124 valence electrons. The molecule has 5 heteroatoms. The zero-order chi connectivity index (χ0) is 17.1. The molecule has 4 aromatic rings. The number of rotatable bonds is 5. The maximum Gasteiger partial charge on any atom is 0.132 e. The number of ether oxygens (including phenoxy) is 1. The highest BCUT2D eigenvalue weighted by molar-refractivity contribution is 6.30. The van der Waals surface area contributed by atoms with E-state index in [4.69, 9.17) is 16.3 Å². The van der Waals surface area contributed by atoms with Crippen LogP contribution in [0.4, 0.5) is 0 Å². The molecule has 0 bridgehead atoms. The molecule has 0 fully saturated rings. The second-order valence-electron chi connectivity index (χ2n) is 5.81. The molecule has 0 N–H and O–H groups in total. The Morgan fingerprint density at radius 3 is 2.56 bits per heavy atom. The van der Waals surface area contributed by atoms with Crippen LogP contribution in [0.15, 0.2) is 72.9 Å². The molecule has 1 heterocycles. The number of hydrogen-bond acceptors (Lipinski definition) is 3. The molecular weight excluding hydrogens is 334 g/mol. The van der Waals surface area contributed by atoms with Crippen molar-refractivity contribution >= 4 is 22.4 Å². The Bertz CT molecular complexity index is 995. The zero-order valence-electron chi connectivity index (χ0n) is 13.5. The number of benzene rings is 3. The molecule has 0 saturated carbocycles. The van der Waals surface area contributed by atoms with Gasteiger partial charge >= 0.3 is 0 Å². The average molecular weight is 350 g/mol. The molecule has 3 aromatic carbocycles. The van der Waals surface area contributed by atoms with E-state index < -0.39 is 0 Å². The molecule has 4 rings (SSSR count). The number of fused-ring (bicyclic) bond motifs is 1. The fourth-order valence-corrected chi connectivity index (χ4v) is 2.83. The van der Waals surface area contributed by atoms with Crippen LogP contribution in [0.3, 0.4) is 0 Å². The molecule has 0 radical (unpaired) electrons. The van der Waals surface area contributed by atoms with Gasteiger partial charge in [-0.15, -0.1) is 5.10 Å². The van der Waals surface area contributed by atoms with E-state index >= 15 is 0 Å². The Hall–Kier alpha value is -2.85. The first kappa shape index (κ1) is 15.7. The fraction of sp³-hybridized carbons (Fsp3) is 0.100. The highest BCUT2D eigenvalue weighted by Gasteiger charge is 2.06. The Kier molecular flexibility index (Phi) is 4.36. The molecule has 25 heavy (non-hydrogen) atoms. The molecule has 0 saturated heterocycles. The third-order valence-corrected chi connectivity index (χ3v) is 4.30. The largest absolute Gasteiger partial charge is 0.487 e. The van der Waals surface area contributed by atoms with Gasteiger partial charge in [-0.3, -0.25) is 0 Å². The quantitative estimate of drug-likeness (QED) is 0.523. The standard InChI is InChI=1S/C20H16ClN3O/c21-18-8-5-15(6-9-18)13-24-19(12-22-23-24)14-25-20-10-7-16-3-1-2-4-17(16)11-20/h1-12H,13-14H2. The first-order valence-electron chi connectivity index (χ1n) is 8.01. The monoisotopic (exact) mass is 349 g/mol. The van der Waals surface area contributed by atoms with Gasteiger partial charge in [0, 0.05) is 5.02 Å². The van der Waals surface area contributed by atoms with Crippen molar-refractivity contribution in [2.45, 2.75) is 13.2 Å². The average Bonchev–Trinajstić information content (AvgIpc) is 3.09. The van der Waals surface area contributed by atoms with Gasteiger partial charge in [0.15, 0.2) is 0 Å². The number of nitrogens with zero attached hydrogens (tertiary/aromatic N) is 3. The lowest BCUT2D eigenvalue weighted by atomic mass is 10.1. The van der Waals surface area contributed by atoms with Crippen molar-refractivity contribution in [1.29, 1.82) is 0 Å². The maximum atomic E-state index is 5.93. The SMILES string of the molecule is Clc1ccc(Cn2nncc2COc2ccc3ccccc3c2)cc1. The predicted molar refractivity (Wildman–Crippen MR) is 98.9 cm³/mol. The Labute approximate surface area is 150 Å². The van der Waals surface area contributed by atoms with Crippen molar-refractivity contribution in [2.24, 2.45) is 0 Å². The molecule has 1 aromatic heterocycles. The summed E-state index contributed by atoms with van der Waals surface area (Å²) in [5.74, 6) is 0.831. The lowest BCUT2D eigenvalue weighted by molar-refractivity contribution is 0.293. The summed E-state index contributed by atoms with van der Waals surface area (Å²) in [6, 6.07) is 22.0. The van der Waals surface area contributed by atoms with Crippen LogP contribution in [-0.4, -0.2) is 15.0 Å². The number of aromatic nitrogens is 3. The normalized spacial score (nSPS) is 10.9. The molecular formula is C20H16ClN3O. The summed E-state index contributed by atoms with van der Waals surface area (Å²) < 4.78 is 7.77. The zero-order valence-corrected chi connectivity index (χ0v) is 14.2. The van der Waals surface area contributed by atoms with Crippen LogP contribution in [0.1, 0.15) is 11.3 Å². The van der Waals surface area contributed by atoms with E-state index in [0.29, 0.717) is 13.2 Å². The van der Waals surface area contributed by atoms with Gasteiger partial charge in [0.25, 0.3) is 0 Å². The van der Waals surface area contributed by atoms with Gasteiger partial charge in [0.1, 0.15) is 12.4 Å². The molecule has 0 aliphatic rings. The van der Waals surface area contributed by atoms with Crippen molar-refractivity contribution in [1.82, 2.24) is 15.0 Å². The molecule has 0 spiro atoms. The smallest absolute Gasteiger partial charge is 0.132 e. The molecule has 0 aliphatic carbocycles. The third-order valence-electron chi connectivity index (χ3n) is 4.05. The van der Waals surface area contributed by atoms with E-state index in [1.165, 1.54) is 5.39 Å². The van der Waals surface area contributed by atoms with Gasteiger partial charge in [-0.1, -0.05) is 59.3 Å². The van der Waals surface area contributed by atoms with Crippen molar-refractivity contribution in [3.05, 3.63) is 89.2 Å². The van der Waals surface area contributed by atoms with Crippen LogP contribution in [0.25, 0.3) is 10.8 Å². The minimum Gasteiger partial charge on any atom is -0.487 e. The van der Waals surface area contributed by atoms with Gasteiger partial charge in [-0.25, -0.2) is 4.68 Å². The summed E-state index contributed by atoms with van der Waals surface area (Å²) in [6.07, 6.45) is 1.73. The van der Waals surface area contributed by atoms with Crippen molar-refractivity contribution in [3.63, 3.8) is 0 Å². The first-order chi connectivity index (χ1) is 12.3. The van der Waals surface area contributed by atoms with E-state index in [1.807, 2.05) is 53.2 Å². The van der Waals surface area contributed by atoms with Crippen LogP contribution >= 0.6 is 11.6 Å². The third kappa shape index (κ3) is 3.64. The predicted octanol–water partition coefficient (Wildman–Crippen LogP) is 4.71. The second kappa shape index (κ2) is 6.95. The summed E-state index contributed by atoms with van der Waals surface area (Å²) in [5.41, 5.74) is 2.03. The minimum absolute atomic E-state index is 0.416.